The van der Waals surface area contributed by atoms with Gasteiger partial charge in [0.2, 0.25) is 0 Å². The van der Waals surface area contributed by atoms with E-state index in [2.05, 4.69) is 447 Å². The molecule has 32 aromatic rings. The van der Waals surface area contributed by atoms with Gasteiger partial charge in [-0.25, -0.2) is 0 Å². The lowest BCUT2D eigenvalue weighted by Gasteiger charge is -2.26. The summed E-state index contributed by atoms with van der Waals surface area (Å²) < 4.78 is 52.3. The minimum atomic E-state index is 0.803. The maximum absolute atomic E-state index is 7.04. The molecule has 0 fully saturated rings. The number of nitrogens with zero attached hydrogens (tertiary/aromatic N) is 6. The molecule has 11 aromatic heterocycles. The van der Waals surface area contributed by atoms with Crippen LogP contribution in [0.1, 0.15) is 0 Å². The minimum absolute atomic E-state index is 0.803. The zero-order chi connectivity index (χ0) is 95.7. The highest BCUT2D eigenvalue weighted by molar-refractivity contribution is 7.26. The first kappa shape index (κ1) is 82.7. The summed E-state index contributed by atoms with van der Waals surface area (Å²) in [5, 5.41) is 18.1. The first-order chi connectivity index (χ1) is 72.4. The van der Waals surface area contributed by atoms with E-state index in [-0.39, 0.29) is 0 Å². The fourth-order valence-corrected chi connectivity index (χ4v) is 24.8. The number of fused-ring (bicyclic) bond motifs is 30. The van der Waals surface area contributed by atoms with Gasteiger partial charge in [0.05, 0.1) is 56.1 Å². The van der Waals surface area contributed by atoms with Gasteiger partial charge in [0.1, 0.15) is 50.0 Å². The summed E-state index contributed by atoms with van der Waals surface area (Å²) in [6.45, 7) is 0. The van der Waals surface area contributed by atoms with E-state index < -0.39 is 0 Å². The van der Waals surface area contributed by atoms with Crippen molar-refractivity contribution >= 4 is 279 Å². The fraction of sp³-hybridized carbons (Fsp3) is 0. The summed E-state index contributed by atoms with van der Waals surface area (Å²) in [7, 11) is 0. The van der Waals surface area contributed by atoms with E-state index in [9.17, 15) is 0 Å². The number of anilines is 9. The molecule has 0 saturated heterocycles. The Kier molecular flexibility index (Phi) is 18.9. The number of rotatable bonds is 13. The smallest absolute Gasteiger partial charge is 0.161 e. The summed E-state index contributed by atoms with van der Waals surface area (Å²) in [6, 6.07) is 171. The van der Waals surface area contributed by atoms with Crippen molar-refractivity contribution in [2.24, 2.45) is 0 Å². The molecular weight excluding hydrogens is 1830 g/mol. The highest BCUT2D eigenvalue weighted by atomic mass is 32.1. The standard InChI is InChI=1S/C44H26N2O3.C44H28N2O2.C44H26N2OS2/c1-2-11-27(12-3-1)46-36-17-7-4-15-34(36)44-42(46)35-16-10-18-37(43(35)49-44)45(28-21-23-32-30-13-5-8-19-38(30)47-40(32)25-28)29-22-24-33-31-14-6-9-20-39(31)48-41(33)26-29;1-3-13-29(14-4-1)30-25-27-32(28-26-30)45(37-21-12-24-40-41(37)34-18-8-10-23-39(34)47-40)38-22-11-19-35-42-44(48-43(35)38)33-17-7-9-20-36(33)46(42)31-15-5-2-6-16-31;1-2-11-27(12-3-1)46-36-17-7-4-15-34(36)44-42(46)35-16-10-18-37(43(35)47-44)45(28-21-23-32-30-13-5-8-19-38(30)48-40(32)25-28)29-22-24-33-31-14-6-9-20-39(31)49-41(33)26-29/h1-26H;1-28H;1-26H. The highest BCUT2D eigenvalue weighted by Crippen LogP contribution is 2.54. The lowest BCUT2D eigenvalue weighted by Crippen LogP contribution is -2.10. The van der Waals surface area contributed by atoms with E-state index in [0.717, 1.165) is 239 Å². The molecular formula is C132H80N6O6S2. The molecule has 0 aliphatic carbocycles. The zero-order valence-corrected chi connectivity index (χ0v) is 79.8. The molecule has 0 aliphatic heterocycles. The fourth-order valence-electron chi connectivity index (χ4n) is 22.5. The van der Waals surface area contributed by atoms with Gasteiger partial charge >= 0.3 is 0 Å². The SMILES string of the molecule is c1ccc(-c2ccc(N(c3cccc4c3oc3c5ccccc5n(-c5ccccc5)c43)c3cccc4oc5ccccc5c34)cc2)cc1.c1ccc(-n2c3ccccc3c3oc4c(N(c5ccc6c(c5)oc5ccccc56)c5ccc6c(c5)oc5ccccc56)cccc4c32)cc1.c1ccc(-n2c3ccccc3c3oc4c(N(c5ccc6c(c5)sc5ccccc56)c5ccc6c(c5)sc5ccccc56)cccc4c32)cc1. The van der Waals surface area contributed by atoms with E-state index in [4.69, 9.17) is 26.5 Å². The molecule has 0 saturated carbocycles. The van der Waals surface area contributed by atoms with E-state index in [1.807, 2.05) is 89.4 Å². The molecule has 21 aromatic carbocycles. The quantitative estimate of drug-likeness (QED) is 0.112. The Balaban J connectivity index is 0.000000102. The van der Waals surface area contributed by atoms with Crippen LogP contribution in [0.15, 0.2) is 512 Å². The third-order valence-electron chi connectivity index (χ3n) is 28.9. The molecule has 0 unspecified atom stereocenters. The van der Waals surface area contributed by atoms with E-state index in [1.165, 1.54) is 45.9 Å². The Morgan fingerprint density at radius 3 is 0.884 bits per heavy atom. The van der Waals surface area contributed by atoms with Crippen molar-refractivity contribution in [1.29, 1.82) is 0 Å². The average Bonchev–Trinajstić information content (AvgIpc) is 1.56. The second kappa shape index (κ2) is 33.3. The number of benzene rings is 21. The van der Waals surface area contributed by atoms with Gasteiger partial charge in [0.25, 0.3) is 0 Å². The molecule has 146 heavy (non-hydrogen) atoms. The van der Waals surface area contributed by atoms with Crippen LogP contribution in [0.4, 0.5) is 51.2 Å². The van der Waals surface area contributed by atoms with Crippen molar-refractivity contribution in [3.63, 3.8) is 0 Å². The summed E-state index contributed by atoms with van der Waals surface area (Å²) >= 11 is 3.70. The van der Waals surface area contributed by atoms with Crippen molar-refractivity contribution in [2.75, 3.05) is 14.7 Å². The van der Waals surface area contributed by atoms with Gasteiger partial charge < -0.3 is 54.9 Å². The van der Waals surface area contributed by atoms with Crippen LogP contribution in [-0.2, 0) is 0 Å². The normalized spacial score (nSPS) is 12.0. The topological polar surface area (TPSA) is 103 Å². The van der Waals surface area contributed by atoms with E-state index >= 15 is 0 Å². The molecule has 0 aliphatic rings. The summed E-state index contributed by atoms with van der Waals surface area (Å²) in [4.78, 5) is 6.95. The second-order valence-corrected chi connectivity index (χ2v) is 39.3. The monoisotopic (exact) mass is 1910 g/mol. The van der Waals surface area contributed by atoms with Crippen LogP contribution in [-0.4, -0.2) is 13.7 Å². The van der Waals surface area contributed by atoms with Gasteiger partial charge in [0, 0.05) is 146 Å². The van der Waals surface area contributed by atoms with Gasteiger partial charge in [0.15, 0.2) is 33.5 Å². The molecule has 12 nitrogen and oxygen atoms in total. The molecule has 0 bridgehead atoms. The van der Waals surface area contributed by atoms with Crippen LogP contribution < -0.4 is 14.7 Å². The molecule has 0 amide bonds. The molecule has 0 spiro atoms. The molecule has 14 heteroatoms. The Morgan fingerprint density at radius 2 is 0.452 bits per heavy atom. The van der Waals surface area contributed by atoms with Gasteiger partial charge in [-0.1, -0.05) is 261 Å². The summed E-state index contributed by atoms with van der Waals surface area (Å²) in [5.41, 5.74) is 31.5. The van der Waals surface area contributed by atoms with Crippen molar-refractivity contribution in [1.82, 2.24) is 13.7 Å². The van der Waals surface area contributed by atoms with Gasteiger partial charge in [-0.15, -0.1) is 22.7 Å². The summed E-state index contributed by atoms with van der Waals surface area (Å²) in [5.74, 6) is 0. The van der Waals surface area contributed by atoms with Crippen LogP contribution in [0, 0.1) is 0 Å². The maximum atomic E-state index is 7.04. The molecule has 0 atom stereocenters. The first-order valence-corrected chi connectivity index (χ1v) is 50.7. The number of furan rings is 6. The van der Waals surface area contributed by atoms with Crippen LogP contribution in [0.5, 0.6) is 0 Å². The number of thiophene rings is 2. The lowest BCUT2D eigenvalue weighted by molar-refractivity contribution is 0.668. The molecule has 11 heterocycles. The van der Waals surface area contributed by atoms with Crippen molar-refractivity contribution in [3.8, 4) is 28.2 Å². The lowest BCUT2D eigenvalue weighted by atomic mass is 10.0. The Labute approximate surface area is 841 Å². The average molecular weight is 1910 g/mol. The Bertz CT molecular complexity index is 10200. The molecule has 32 rings (SSSR count). The van der Waals surface area contributed by atoms with Gasteiger partial charge in [-0.3, -0.25) is 0 Å². The Morgan fingerprint density at radius 1 is 0.164 bits per heavy atom. The highest BCUT2D eigenvalue weighted by Gasteiger charge is 2.32. The summed E-state index contributed by atoms with van der Waals surface area (Å²) in [6.07, 6.45) is 0. The molecule has 686 valence electrons. The predicted molar refractivity (Wildman–Crippen MR) is 609 cm³/mol. The third kappa shape index (κ3) is 13.1. The van der Waals surface area contributed by atoms with Crippen molar-refractivity contribution < 1.29 is 26.5 Å². The first-order valence-electron chi connectivity index (χ1n) is 49.1. The van der Waals surface area contributed by atoms with Crippen LogP contribution >= 0.6 is 22.7 Å². The maximum Gasteiger partial charge on any atom is 0.161 e. The number of para-hydroxylation sites is 12. The van der Waals surface area contributed by atoms with Crippen molar-refractivity contribution in [2.45, 2.75) is 0 Å². The number of hydrogen-bond acceptors (Lipinski definition) is 11. The minimum Gasteiger partial charge on any atom is -0.456 e. The predicted octanol–water partition coefficient (Wildman–Crippen LogP) is 39.1. The van der Waals surface area contributed by atoms with E-state index in [1.54, 1.807) is 0 Å². The molecule has 0 N–H and O–H groups in total. The van der Waals surface area contributed by atoms with Crippen LogP contribution in [0.2, 0.25) is 0 Å². The Hall–Kier alpha value is -19.1. The molecule has 0 radical (unpaired) electrons. The number of aromatic nitrogens is 3. The number of hydrogen-bond donors (Lipinski definition) is 0. The second-order valence-electron chi connectivity index (χ2n) is 37.1. The largest absolute Gasteiger partial charge is 0.456 e. The van der Waals surface area contributed by atoms with Crippen LogP contribution in [0.25, 0.3) is 233 Å². The van der Waals surface area contributed by atoms with Crippen molar-refractivity contribution in [3.05, 3.63) is 485 Å². The van der Waals surface area contributed by atoms with E-state index in [0.29, 0.717) is 0 Å². The van der Waals surface area contributed by atoms with Crippen LogP contribution in [0.3, 0.4) is 0 Å². The third-order valence-corrected chi connectivity index (χ3v) is 31.2. The van der Waals surface area contributed by atoms with Gasteiger partial charge in [-0.2, -0.15) is 0 Å². The zero-order valence-electron chi connectivity index (χ0n) is 78.1. The van der Waals surface area contributed by atoms with Gasteiger partial charge in [-0.05, 0) is 223 Å².